The van der Waals surface area contributed by atoms with Crippen LogP contribution in [0, 0.1) is 13.8 Å². The van der Waals surface area contributed by atoms with E-state index in [1.807, 2.05) is 0 Å². The molecule has 0 fully saturated rings. The topological polar surface area (TPSA) is 77.4 Å². The van der Waals surface area contributed by atoms with Gasteiger partial charge in [-0.1, -0.05) is 6.07 Å². The molecule has 6 heteroatoms. The summed E-state index contributed by atoms with van der Waals surface area (Å²) in [5.74, 6) is -0.142. The van der Waals surface area contributed by atoms with Crippen LogP contribution in [0.1, 0.15) is 11.1 Å². The Bertz CT molecular complexity index is 439. The summed E-state index contributed by atoms with van der Waals surface area (Å²) >= 11 is 0. The second-order valence-corrected chi connectivity index (χ2v) is 4.16. The van der Waals surface area contributed by atoms with Crippen molar-refractivity contribution in [3.05, 3.63) is 23.3 Å². The molecular weight excluding hydrogens is 215 g/mol. The summed E-state index contributed by atoms with van der Waals surface area (Å²) in [5.41, 5.74) is 0.653. The molecule has 0 amide bonds. The van der Waals surface area contributed by atoms with Crippen molar-refractivity contribution in [2.24, 2.45) is 0 Å². The molecule has 14 heavy (non-hydrogen) atoms. The zero-order valence-electron chi connectivity index (χ0n) is 8.23. The molecule has 0 saturated heterocycles. The molecule has 72 valence electrons. The van der Waals surface area contributed by atoms with Crippen LogP contribution in [0.5, 0.6) is 5.75 Å². The first-order valence-corrected chi connectivity index (χ1v) is 5.00. The minimum Gasteiger partial charge on any atom is -0.744 e. The van der Waals surface area contributed by atoms with Crippen molar-refractivity contribution in [3.63, 3.8) is 0 Å². The van der Waals surface area contributed by atoms with Crippen molar-refractivity contribution < 1.29 is 47.6 Å². The van der Waals surface area contributed by atoms with Crippen LogP contribution < -0.4 is 29.6 Å². The number of benzene rings is 1. The number of hydrogen-bond donors (Lipinski definition) is 1. The first-order chi connectivity index (χ1) is 5.84. The van der Waals surface area contributed by atoms with Gasteiger partial charge in [0.2, 0.25) is 0 Å². The first kappa shape index (κ1) is 13.9. The maximum Gasteiger partial charge on any atom is 1.00 e. The average molecular weight is 224 g/mol. The van der Waals surface area contributed by atoms with Gasteiger partial charge in [0.05, 0.1) is 4.90 Å². The molecule has 0 unspecified atom stereocenters. The Labute approximate surface area is 105 Å². The molecule has 1 aromatic rings. The van der Waals surface area contributed by atoms with Crippen molar-refractivity contribution in [2.75, 3.05) is 0 Å². The largest absolute Gasteiger partial charge is 1.00 e. The normalized spacial score (nSPS) is 10.8. The zero-order chi connectivity index (χ0) is 10.2. The van der Waals surface area contributed by atoms with Gasteiger partial charge in [0.25, 0.3) is 0 Å². The van der Waals surface area contributed by atoms with Crippen molar-refractivity contribution in [1.29, 1.82) is 0 Å². The predicted molar refractivity (Wildman–Crippen MR) is 45.5 cm³/mol. The van der Waals surface area contributed by atoms with Crippen molar-refractivity contribution >= 4 is 10.1 Å². The summed E-state index contributed by atoms with van der Waals surface area (Å²) < 4.78 is 32.0. The molecule has 0 atom stereocenters. The number of rotatable bonds is 1. The Morgan fingerprint density at radius 1 is 1.29 bits per heavy atom. The van der Waals surface area contributed by atoms with Gasteiger partial charge in [0.1, 0.15) is 15.9 Å². The monoisotopic (exact) mass is 224 g/mol. The van der Waals surface area contributed by atoms with Gasteiger partial charge in [-0.2, -0.15) is 0 Å². The molecule has 0 heterocycles. The second kappa shape index (κ2) is 4.63. The Balaban J connectivity index is 0.00000169. The van der Waals surface area contributed by atoms with Crippen LogP contribution in [-0.4, -0.2) is 18.1 Å². The van der Waals surface area contributed by atoms with E-state index in [1.165, 1.54) is 19.1 Å². The third-order valence-electron chi connectivity index (χ3n) is 1.85. The standard InChI is InChI=1S/C8H10O4S.Na/c1-5-3-4-7(13(10,11)12)6(2)8(5)9;/h3-4,9H,1-2H3,(H,10,11,12);/q;+1/p-1. The minimum absolute atomic E-state index is 0. The van der Waals surface area contributed by atoms with Gasteiger partial charge in [0, 0.05) is 5.56 Å². The minimum atomic E-state index is -4.48. The van der Waals surface area contributed by atoms with E-state index in [2.05, 4.69) is 0 Å². The van der Waals surface area contributed by atoms with Gasteiger partial charge in [0.15, 0.2) is 0 Å². The van der Waals surface area contributed by atoms with Crippen LogP contribution >= 0.6 is 0 Å². The molecule has 0 aliphatic rings. The quantitative estimate of drug-likeness (QED) is 0.438. The fourth-order valence-electron chi connectivity index (χ4n) is 1.09. The predicted octanol–water partition coefficient (Wildman–Crippen LogP) is -2.08. The van der Waals surface area contributed by atoms with Crippen LogP contribution in [0.2, 0.25) is 0 Å². The first-order valence-electron chi connectivity index (χ1n) is 3.59. The van der Waals surface area contributed by atoms with Gasteiger partial charge < -0.3 is 9.66 Å². The third kappa shape index (κ3) is 2.71. The Hall–Kier alpha value is -0.0700. The Kier molecular flexibility index (Phi) is 4.61. The Morgan fingerprint density at radius 2 is 1.79 bits per heavy atom. The number of aryl methyl sites for hydroxylation is 1. The van der Waals surface area contributed by atoms with E-state index in [-0.39, 0.29) is 45.8 Å². The summed E-state index contributed by atoms with van der Waals surface area (Å²) in [6.07, 6.45) is 0. The molecule has 1 rings (SSSR count). The molecule has 0 aliphatic heterocycles. The fourth-order valence-corrected chi connectivity index (χ4v) is 1.79. The third-order valence-corrected chi connectivity index (χ3v) is 2.83. The van der Waals surface area contributed by atoms with Gasteiger partial charge in [-0.25, -0.2) is 8.42 Å². The van der Waals surface area contributed by atoms with Crippen LogP contribution in [0.15, 0.2) is 17.0 Å². The smallest absolute Gasteiger partial charge is 0.744 e. The molecule has 1 aromatic carbocycles. The zero-order valence-corrected chi connectivity index (χ0v) is 11.1. The molecule has 0 bridgehead atoms. The van der Waals surface area contributed by atoms with E-state index in [9.17, 15) is 18.1 Å². The van der Waals surface area contributed by atoms with Crippen LogP contribution in [0.25, 0.3) is 0 Å². The van der Waals surface area contributed by atoms with Crippen LogP contribution in [-0.2, 0) is 10.1 Å². The molecular formula is C8H9NaO4S. The van der Waals surface area contributed by atoms with Crippen molar-refractivity contribution in [1.82, 2.24) is 0 Å². The van der Waals surface area contributed by atoms with Crippen LogP contribution in [0.3, 0.4) is 0 Å². The molecule has 0 saturated carbocycles. The fraction of sp³-hybridized carbons (Fsp3) is 0.250. The van der Waals surface area contributed by atoms with E-state index in [1.54, 1.807) is 6.92 Å². The summed E-state index contributed by atoms with van der Waals surface area (Å²) in [7, 11) is -4.48. The SMILES string of the molecule is Cc1ccc(S(=O)(=O)[O-])c(C)c1O.[Na+]. The molecule has 0 aromatic heterocycles. The number of hydrogen-bond acceptors (Lipinski definition) is 4. The van der Waals surface area contributed by atoms with E-state index >= 15 is 0 Å². The number of phenols is 1. The van der Waals surface area contributed by atoms with Crippen molar-refractivity contribution in [3.8, 4) is 5.75 Å². The van der Waals surface area contributed by atoms with E-state index < -0.39 is 10.1 Å². The van der Waals surface area contributed by atoms with Gasteiger partial charge >= 0.3 is 29.6 Å². The number of phenolic OH excluding ortho intramolecular Hbond substituents is 1. The maximum absolute atomic E-state index is 10.7. The summed E-state index contributed by atoms with van der Waals surface area (Å²) in [5, 5.41) is 9.35. The summed E-state index contributed by atoms with van der Waals surface area (Å²) in [4.78, 5) is -0.365. The molecule has 0 aliphatic carbocycles. The average Bonchev–Trinajstić information content (AvgIpc) is 1.98. The maximum atomic E-state index is 10.7. The summed E-state index contributed by atoms with van der Waals surface area (Å²) in [6.45, 7) is 3.02. The van der Waals surface area contributed by atoms with Gasteiger partial charge in [-0.15, -0.1) is 0 Å². The molecule has 0 spiro atoms. The van der Waals surface area contributed by atoms with E-state index in [4.69, 9.17) is 0 Å². The summed E-state index contributed by atoms with van der Waals surface area (Å²) in [6, 6.07) is 2.60. The van der Waals surface area contributed by atoms with Gasteiger partial charge in [-0.05, 0) is 25.5 Å². The number of aromatic hydroxyl groups is 1. The molecule has 0 radical (unpaired) electrons. The second-order valence-electron chi connectivity index (χ2n) is 2.81. The molecule has 4 nitrogen and oxygen atoms in total. The molecule has 1 N–H and O–H groups in total. The van der Waals surface area contributed by atoms with Gasteiger partial charge in [-0.3, -0.25) is 0 Å². The van der Waals surface area contributed by atoms with E-state index in [0.29, 0.717) is 5.56 Å². The van der Waals surface area contributed by atoms with E-state index in [0.717, 1.165) is 0 Å². The van der Waals surface area contributed by atoms with Crippen molar-refractivity contribution in [2.45, 2.75) is 18.7 Å². The Morgan fingerprint density at radius 3 is 2.21 bits per heavy atom. The van der Waals surface area contributed by atoms with Crippen LogP contribution in [0.4, 0.5) is 0 Å².